The molecule has 6 heteroatoms. The van der Waals surface area contributed by atoms with Crippen molar-refractivity contribution in [2.24, 2.45) is 0 Å². The summed E-state index contributed by atoms with van der Waals surface area (Å²) >= 11 is 3.11. The van der Waals surface area contributed by atoms with Crippen LogP contribution in [0.25, 0.3) is 10.2 Å². The Hall–Kier alpha value is -1.53. The van der Waals surface area contributed by atoms with Gasteiger partial charge >= 0.3 is 0 Å². The van der Waals surface area contributed by atoms with E-state index in [4.69, 9.17) is 0 Å². The van der Waals surface area contributed by atoms with Crippen LogP contribution in [0.1, 0.15) is 15.6 Å². The first-order valence-electron chi connectivity index (χ1n) is 5.50. The number of hydrogen-bond donors (Lipinski definition) is 0. The number of thiazole rings is 1. The second kappa shape index (κ2) is 4.29. The molecule has 0 aliphatic rings. The summed E-state index contributed by atoms with van der Waals surface area (Å²) in [5, 5.41) is 3.53. The van der Waals surface area contributed by atoms with E-state index in [2.05, 4.69) is 9.97 Å². The van der Waals surface area contributed by atoms with E-state index < -0.39 is 0 Å². The molecule has 0 aliphatic carbocycles. The van der Waals surface area contributed by atoms with Crippen molar-refractivity contribution in [3.05, 3.63) is 43.7 Å². The van der Waals surface area contributed by atoms with Crippen LogP contribution in [0.2, 0.25) is 0 Å². The predicted molar refractivity (Wildman–Crippen MR) is 74.6 cm³/mol. The Morgan fingerprint density at radius 3 is 2.94 bits per heavy atom. The third-order valence-corrected chi connectivity index (χ3v) is 4.71. The summed E-state index contributed by atoms with van der Waals surface area (Å²) < 4.78 is 1.62. The maximum atomic E-state index is 12.2. The molecule has 3 heterocycles. The molecule has 0 spiro atoms. The first-order chi connectivity index (χ1) is 8.65. The summed E-state index contributed by atoms with van der Waals surface area (Å²) in [6.45, 7) is 4.52. The third-order valence-electron chi connectivity index (χ3n) is 2.83. The Labute approximate surface area is 112 Å². The van der Waals surface area contributed by atoms with Crippen molar-refractivity contribution in [2.45, 2.75) is 20.4 Å². The lowest BCUT2D eigenvalue weighted by Gasteiger charge is -2.01. The van der Waals surface area contributed by atoms with Crippen LogP contribution >= 0.6 is 22.7 Å². The van der Waals surface area contributed by atoms with E-state index in [9.17, 15) is 4.79 Å². The van der Waals surface area contributed by atoms with Gasteiger partial charge in [-0.2, -0.15) is 0 Å². The van der Waals surface area contributed by atoms with Crippen molar-refractivity contribution >= 4 is 32.9 Å². The van der Waals surface area contributed by atoms with Crippen molar-refractivity contribution in [1.29, 1.82) is 0 Å². The molecule has 3 rings (SSSR count). The number of thiophene rings is 1. The van der Waals surface area contributed by atoms with Gasteiger partial charge in [-0.1, -0.05) is 0 Å². The molecule has 0 unspecified atom stereocenters. The Kier molecular flexibility index (Phi) is 2.76. The number of nitrogens with zero attached hydrogens (tertiary/aromatic N) is 3. The smallest absolute Gasteiger partial charge is 0.262 e. The van der Waals surface area contributed by atoms with Gasteiger partial charge in [0.1, 0.15) is 9.84 Å². The number of aromatic nitrogens is 3. The maximum Gasteiger partial charge on any atom is 0.262 e. The molecule has 0 aromatic carbocycles. The molecule has 4 nitrogen and oxygen atoms in total. The van der Waals surface area contributed by atoms with E-state index in [-0.39, 0.29) is 5.56 Å². The summed E-state index contributed by atoms with van der Waals surface area (Å²) in [6, 6.07) is 1.82. The van der Waals surface area contributed by atoms with Crippen LogP contribution in [0, 0.1) is 13.8 Å². The molecule has 3 aromatic rings. The van der Waals surface area contributed by atoms with Crippen molar-refractivity contribution < 1.29 is 0 Å². The van der Waals surface area contributed by atoms with Gasteiger partial charge in [0, 0.05) is 4.88 Å². The van der Waals surface area contributed by atoms with Crippen molar-refractivity contribution in [3.63, 3.8) is 0 Å². The molecule has 92 valence electrons. The highest BCUT2D eigenvalue weighted by Crippen LogP contribution is 2.18. The summed E-state index contributed by atoms with van der Waals surface area (Å²) in [4.78, 5) is 22.9. The molecular formula is C12H11N3OS2. The zero-order valence-electron chi connectivity index (χ0n) is 10.0. The van der Waals surface area contributed by atoms with Crippen LogP contribution in [0.4, 0.5) is 0 Å². The highest BCUT2D eigenvalue weighted by Gasteiger charge is 2.08. The van der Waals surface area contributed by atoms with Crippen LogP contribution < -0.4 is 5.56 Å². The second-order valence-electron chi connectivity index (χ2n) is 4.07. The molecule has 0 saturated heterocycles. The van der Waals surface area contributed by atoms with Gasteiger partial charge in [-0.15, -0.1) is 22.7 Å². The average Bonchev–Trinajstić information content (AvgIpc) is 2.91. The lowest BCUT2D eigenvalue weighted by molar-refractivity contribution is 0.742. The Morgan fingerprint density at radius 2 is 2.22 bits per heavy atom. The number of fused-ring (bicyclic) bond motifs is 1. The average molecular weight is 277 g/mol. The number of aryl methyl sites for hydroxylation is 2. The minimum Gasteiger partial charge on any atom is -0.292 e. The Morgan fingerprint density at radius 1 is 1.39 bits per heavy atom. The fourth-order valence-corrected chi connectivity index (χ4v) is 3.41. The fourth-order valence-electron chi connectivity index (χ4n) is 1.76. The van der Waals surface area contributed by atoms with Crippen LogP contribution in [0.5, 0.6) is 0 Å². The van der Waals surface area contributed by atoms with Gasteiger partial charge in [0.15, 0.2) is 0 Å². The molecule has 18 heavy (non-hydrogen) atoms. The highest BCUT2D eigenvalue weighted by atomic mass is 32.1. The van der Waals surface area contributed by atoms with E-state index in [1.54, 1.807) is 22.2 Å². The first kappa shape index (κ1) is 11.6. The SMILES string of the molecule is Cc1nc(Cn2cnc3sccc3c2=O)sc1C. The van der Waals surface area contributed by atoms with E-state index in [1.807, 2.05) is 25.3 Å². The Bertz CT molecular complexity index is 750. The number of rotatable bonds is 2. The van der Waals surface area contributed by atoms with Crippen molar-refractivity contribution in [2.75, 3.05) is 0 Å². The largest absolute Gasteiger partial charge is 0.292 e. The molecule has 0 bridgehead atoms. The molecule has 0 amide bonds. The lowest BCUT2D eigenvalue weighted by Crippen LogP contribution is -2.20. The standard InChI is InChI=1S/C12H11N3OS2/c1-7-8(2)18-10(14-7)5-15-6-13-11-9(12(15)16)3-4-17-11/h3-4,6H,5H2,1-2H3. The summed E-state index contributed by atoms with van der Waals surface area (Å²) in [5.74, 6) is 0. The van der Waals surface area contributed by atoms with E-state index in [0.717, 1.165) is 15.5 Å². The zero-order valence-corrected chi connectivity index (χ0v) is 11.6. The minimum absolute atomic E-state index is 0.00626. The Balaban J connectivity index is 2.04. The molecule has 0 atom stereocenters. The summed E-state index contributed by atoms with van der Waals surface area (Å²) in [6.07, 6.45) is 1.60. The van der Waals surface area contributed by atoms with E-state index in [1.165, 1.54) is 16.2 Å². The second-order valence-corrected chi connectivity index (χ2v) is 6.25. The van der Waals surface area contributed by atoms with Gasteiger partial charge in [-0.3, -0.25) is 9.36 Å². The number of hydrogen-bond acceptors (Lipinski definition) is 5. The van der Waals surface area contributed by atoms with Gasteiger partial charge in [-0.25, -0.2) is 9.97 Å². The monoisotopic (exact) mass is 277 g/mol. The van der Waals surface area contributed by atoms with Crippen molar-refractivity contribution in [1.82, 2.24) is 14.5 Å². The summed E-state index contributed by atoms with van der Waals surface area (Å²) in [7, 11) is 0. The van der Waals surface area contributed by atoms with Crippen LogP contribution in [-0.4, -0.2) is 14.5 Å². The van der Waals surface area contributed by atoms with Crippen molar-refractivity contribution in [3.8, 4) is 0 Å². The van der Waals surface area contributed by atoms with Gasteiger partial charge in [0.05, 0.1) is 24.0 Å². The molecule has 0 N–H and O–H groups in total. The van der Waals surface area contributed by atoms with Gasteiger partial charge in [0.2, 0.25) is 0 Å². The normalized spacial score (nSPS) is 11.2. The quantitative estimate of drug-likeness (QED) is 0.723. The molecule has 0 fully saturated rings. The van der Waals surface area contributed by atoms with Gasteiger partial charge < -0.3 is 0 Å². The molecule has 0 saturated carbocycles. The van der Waals surface area contributed by atoms with Crippen LogP contribution in [0.15, 0.2) is 22.6 Å². The zero-order chi connectivity index (χ0) is 12.7. The first-order valence-corrected chi connectivity index (χ1v) is 7.20. The minimum atomic E-state index is 0.00626. The van der Waals surface area contributed by atoms with E-state index in [0.29, 0.717) is 11.9 Å². The highest BCUT2D eigenvalue weighted by molar-refractivity contribution is 7.16. The summed E-state index contributed by atoms with van der Waals surface area (Å²) in [5.41, 5.74) is 1.04. The molecule has 3 aromatic heterocycles. The molecule has 0 radical (unpaired) electrons. The molecule has 0 aliphatic heterocycles. The fraction of sp³-hybridized carbons (Fsp3) is 0.250. The molecular weight excluding hydrogens is 266 g/mol. The topological polar surface area (TPSA) is 47.8 Å². The van der Waals surface area contributed by atoms with Crippen LogP contribution in [0.3, 0.4) is 0 Å². The lowest BCUT2D eigenvalue weighted by atomic mass is 10.4. The van der Waals surface area contributed by atoms with E-state index >= 15 is 0 Å². The third kappa shape index (κ3) is 1.87. The van der Waals surface area contributed by atoms with Gasteiger partial charge in [-0.05, 0) is 25.3 Å². The van der Waals surface area contributed by atoms with Gasteiger partial charge in [0.25, 0.3) is 5.56 Å². The maximum absolute atomic E-state index is 12.2. The van der Waals surface area contributed by atoms with Crippen LogP contribution in [-0.2, 0) is 6.54 Å². The predicted octanol–water partition coefficient (Wildman–Crippen LogP) is 2.58.